The monoisotopic (exact) mass is 214 g/mol. The average Bonchev–Trinajstić information content (AvgIpc) is 2.00. The minimum Gasteiger partial charge on any atom is -0.350 e. The zero-order chi connectivity index (χ0) is 12.1. The summed E-state index contributed by atoms with van der Waals surface area (Å²) < 4.78 is 0. The topological polar surface area (TPSA) is 41.1 Å². The molecule has 0 aliphatic rings. The van der Waals surface area contributed by atoms with Gasteiger partial charge >= 0.3 is 0 Å². The van der Waals surface area contributed by atoms with Crippen molar-refractivity contribution in [3.63, 3.8) is 0 Å². The molecule has 0 atom stereocenters. The van der Waals surface area contributed by atoms with Gasteiger partial charge in [-0.25, -0.2) is 0 Å². The average molecular weight is 214 g/mol. The van der Waals surface area contributed by atoms with Gasteiger partial charge in [0.1, 0.15) is 0 Å². The molecule has 0 rings (SSSR count). The van der Waals surface area contributed by atoms with Crippen molar-refractivity contribution < 1.29 is 4.79 Å². The zero-order valence-corrected chi connectivity index (χ0v) is 11.0. The smallest absolute Gasteiger partial charge is 0.234 e. The van der Waals surface area contributed by atoms with E-state index >= 15 is 0 Å². The van der Waals surface area contributed by atoms with E-state index in [1.165, 1.54) is 0 Å². The van der Waals surface area contributed by atoms with E-state index in [9.17, 15) is 4.79 Å². The molecule has 0 spiro atoms. The van der Waals surface area contributed by atoms with Gasteiger partial charge in [-0.05, 0) is 25.7 Å². The van der Waals surface area contributed by atoms with Crippen LogP contribution in [0.3, 0.4) is 0 Å². The lowest BCUT2D eigenvalue weighted by atomic mass is 9.97. The predicted molar refractivity (Wildman–Crippen MR) is 64.8 cm³/mol. The second-order valence-corrected chi connectivity index (χ2v) is 5.95. The third kappa shape index (κ3) is 8.43. The molecule has 1 amide bonds. The van der Waals surface area contributed by atoms with Crippen LogP contribution in [-0.2, 0) is 4.79 Å². The number of hydrogen-bond donors (Lipinski definition) is 2. The van der Waals surface area contributed by atoms with Gasteiger partial charge in [0.2, 0.25) is 5.91 Å². The van der Waals surface area contributed by atoms with Crippen molar-refractivity contribution in [1.29, 1.82) is 0 Å². The van der Waals surface area contributed by atoms with Crippen LogP contribution in [0.5, 0.6) is 0 Å². The summed E-state index contributed by atoms with van der Waals surface area (Å²) in [7, 11) is 0. The molecule has 0 radical (unpaired) electrons. The Morgan fingerprint density at radius 2 is 1.67 bits per heavy atom. The summed E-state index contributed by atoms with van der Waals surface area (Å²) in [6.07, 6.45) is 0.942. The maximum Gasteiger partial charge on any atom is 0.234 e. The van der Waals surface area contributed by atoms with E-state index in [0.29, 0.717) is 6.54 Å². The minimum absolute atomic E-state index is 0.0751. The van der Waals surface area contributed by atoms with Crippen LogP contribution in [0.1, 0.15) is 48.0 Å². The van der Waals surface area contributed by atoms with E-state index in [2.05, 4.69) is 38.3 Å². The van der Waals surface area contributed by atoms with Crippen molar-refractivity contribution in [1.82, 2.24) is 10.6 Å². The van der Waals surface area contributed by atoms with Crippen LogP contribution in [0, 0.1) is 5.41 Å². The maximum atomic E-state index is 11.5. The van der Waals surface area contributed by atoms with Crippen molar-refractivity contribution in [3.05, 3.63) is 0 Å². The molecule has 0 aliphatic carbocycles. The van der Waals surface area contributed by atoms with E-state index in [1.807, 2.05) is 13.8 Å². The molecule has 0 unspecified atom stereocenters. The van der Waals surface area contributed by atoms with Crippen molar-refractivity contribution >= 4 is 5.91 Å². The molecule has 15 heavy (non-hydrogen) atoms. The summed E-state index contributed by atoms with van der Waals surface area (Å²) in [5.41, 5.74) is 0.126. The number of hydrogen-bond acceptors (Lipinski definition) is 2. The first-order valence-corrected chi connectivity index (χ1v) is 5.68. The Balaban J connectivity index is 3.77. The molecule has 0 heterocycles. The first-order chi connectivity index (χ1) is 6.66. The highest BCUT2D eigenvalue weighted by Crippen LogP contribution is 2.10. The van der Waals surface area contributed by atoms with Gasteiger partial charge in [0, 0.05) is 12.1 Å². The fraction of sp³-hybridized carbons (Fsp3) is 0.917. The molecule has 3 heteroatoms. The zero-order valence-electron chi connectivity index (χ0n) is 11.0. The highest BCUT2D eigenvalue weighted by molar-refractivity contribution is 5.78. The molecule has 0 saturated carbocycles. The number of amides is 1. The van der Waals surface area contributed by atoms with Crippen molar-refractivity contribution in [3.8, 4) is 0 Å². The molecule has 0 aromatic rings. The third-order valence-electron chi connectivity index (χ3n) is 2.30. The lowest BCUT2D eigenvalue weighted by Crippen LogP contribution is -2.47. The fourth-order valence-electron chi connectivity index (χ4n) is 1.06. The van der Waals surface area contributed by atoms with Gasteiger partial charge < -0.3 is 10.6 Å². The van der Waals surface area contributed by atoms with Crippen LogP contribution >= 0.6 is 0 Å². The number of carbonyl (C=O) groups excluding carboxylic acids is 1. The molecule has 0 aromatic heterocycles. The van der Waals surface area contributed by atoms with Crippen LogP contribution in [0.4, 0.5) is 0 Å². The summed E-state index contributed by atoms with van der Waals surface area (Å²) >= 11 is 0. The van der Waals surface area contributed by atoms with Crippen molar-refractivity contribution in [2.24, 2.45) is 5.41 Å². The maximum absolute atomic E-state index is 11.5. The summed E-state index contributed by atoms with van der Waals surface area (Å²) in [5, 5.41) is 6.15. The van der Waals surface area contributed by atoms with Crippen molar-refractivity contribution in [2.45, 2.75) is 53.5 Å². The second-order valence-electron chi connectivity index (χ2n) is 5.95. The highest BCUT2D eigenvalue weighted by atomic mass is 16.2. The van der Waals surface area contributed by atoms with Crippen LogP contribution in [0.25, 0.3) is 0 Å². The fourth-order valence-corrected chi connectivity index (χ4v) is 1.06. The van der Waals surface area contributed by atoms with E-state index in [4.69, 9.17) is 0 Å². The Kier molecular flexibility index (Phi) is 5.29. The van der Waals surface area contributed by atoms with Gasteiger partial charge in [0.05, 0.1) is 6.54 Å². The molecule has 3 nitrogen and oxygen atoms in total. The SMILES string of the molecule is CCC(C)(C)NC(=O)CNCC(C)(C)C. The molecule has 2 N–H and O–H groups in total. The Morgan fingerprint density at radius 3 is 2.07 bits per heavy atom. The normalized spacial score (nSPS) is 12.7. The molecule has 0 bridgehead atoms. The third-order valence-corrected chi connectivity index (χ3v) is 2.30. The van der Waals surface area contributed by atoms with Gasteiger partial charge in [-0.15, -0.1) is 0 Å². The molecule has 0 aromatic carbocycles. The predicted octanol–water partition coefficient (Wildman–Crippen LogP) is 1.93. The first-order valence-electron chi connectivity index (χ1n) is 5.68. The summed E-state index contributed by atoms with van der Waals surface area (Å²) in [5.74, 6) is 0.0751. The van der Waals surface area contributed by atoms with Crippen LogP contribution < -0.4 is 10.6 Å². The molecular weight excluding hydrogens is 188 g/mol. The minimum atomic E-state index is -0.0967. The summed E-state index contributed by atoms with van der Waals surface area (Å²) in [4.78, 5) is 11.5. The van der Waals surface area contributed by atoms with Gasteiger partial charge in [0.25, 0.3) is 0 Å². The molecule has 90 valence electrons. The van der Waals surface area contributed by atoms with Crippen LogP contribution in [0.2, 0.25) is 0 Å². The first kappa shape index (κ1) is 14.4. The number of carbonyl (C=O) groups is 1. The number of rotatable bonds is 5. The molecule has 0 aliphatic heterocycles. The highest BCUT2D eigenvalue weighted by Gasteiger charge is 2.17. The van der Waals surface area contributed by atoms with E-state index < -0.39 is 0 Å². The van der Waals surface area contributed by atoms with E-state index in [1.54, 1.807) is 0 Å². The summed E-state index contributed by atoms with van der Waals surface area (Å²) in [6.45, 7) is 13.8. The number of nitrogens with one attached hydrogen (secondary N) is 2. The Bertz CT molecular complexity index is 204. The molecule has 0 fully saturated rings. The van der Waals surface area contributed by atoms with Crippen molar-refractivity contribution in [2.75, 3.05) is 13.1 Å². The Hall–Kier alpha value is -0.570. The quantitative estimate of drug-likeness (QED) is 0.734. The lowest BCUT2D eigenvalue weighted by Gasteiger charge is -2.25. The lowest BCUT2D eigenvalue weighted by molar-refractivity contribution is -0.121. The Morgan fingerprint density at radius 1 is 1.13 bits per heavy atom. The van der Waals surface area contributed by atoms with Crippen LogP contribution in [-0.4, -0.2) is 24.5 Å². The van der Waals surface area contributed by atoms with Gasteiger partial charge in [-0.1, -0.05) is 27.7 Å². The standard InChI is InChI=1S/C12H26N2O/c1-7-12(5,6)14-10(15)8-13-9-11(2,3)4/h13H,7-9H2,1-6H3,(H,14,15). The van der Waals surface area contributed by atoms with Gasteiger partial charge in [-0.3, -0.25) is 4.79 Å². The van der Waals surface area contributed by atoms with Gasteiger partial charge in [0.15, 0.2) is 0 Å². The van der Waals surface area contributed by atoms with E-state index in [0.717, 1.165) is 13.0 Å². The van der Waals surface area contributed by atoms with E-state index in [-0.39, 0.29) is 16.9 Å². The van der Waals surface area contributed by atoms with Crippen LogP contribution in [0.15, 0.2) is 0 Å². The second kappa shape index (κ2) is 5.50. The summed E-state index contributed by atoms with van der Waals surface area (Å²) in [6, 6.07) is 0. The largest absolute Gasteiger partial charge is 0.350 e. The van der Waals surface area contributed by atoms with Gasteiger partial charge in [-0.2, -0.15) is 0 Å². The molecular formula is C12H26N2O. The molecule has 0 saturated heterocycles. The Labute approximate surface area is 94.0 Å².